The van der Waals surface area contributed by atoms with Crippen molar-refractivity contribution in [2.24, 2.45) is 10.8 Å². The third-order valence-electron chi connectivity index (χ3n) is 1.47. The van der Waals surface area contributed by atoms with Gasteiger partial charge in [-0.1, -0.05) is 53.1 Å². The molecule has 0 aromatic rings. The number of ether oxygens (including phenoxy) is 1. The van der Waals surface area contributed by atoms with Crippen molar-refractivity contribution < 1.29 is 4.74 Å². The first-order chi connectivity index (χ1) is 5.60. The molecule has 1 atom stereocenters. The molecular weight excluding hydrogens is 184 g/mol. The van der Waals surface area contributed by atoms with E-state index in [0.717, 1.165) is 13.0 Å². The molecule has 2 heteroatoms. The quantitative estimate of drug-likeness (QED) is 0.634. The summed E-state index contributed by atoms with van der Waals surface area (Å²) in [5, 5.41) is 0. The Hall–Kier alpha value is 0.250. The highest BCUT2D eigenvalue weighted by molar-refractivity contribution is 6.19. The molecule has 1 unspecified atom stereocenters. The first-order valence-electron chi connectivity index (χ1n) is 4.86. The summed E-state index contributed by atoms with van der Waals surface area (Å²) in [6, 6.07) is 0. The highest BCUT2D eigenvalue weighted by Crippen LogP contribution is 2.25. The Kier molecular flexibility index (Phi) is 4.74. The van der Waals surface area contributed by atoms with Crippen LogP contribution in [0.15, 0.2) is 0 Å². The monoisotopic (exact) mass is 206 g/mol. The van der Waals surface area contributed by atoms with Crippen molar-refractivity contribution >= 4 is 11.6 Å². The molecule has 0 heterocycles. The van der Waals surface area contributed by atoms with E-state index in [9.17, 15) is 0 Å². The zero-order valence-corrected chi connectivity index (χ0v) is 10.5. The predicted octanol–water partition coefficient (Wildman–Crippen LogP) is 4.05. The summed E-state index contributed by atoms with van der Waals surface area (Å²) < 4.78 is 5.55. The number of rotatable bonds is 3. The summed E-state index contributed by atoms with van der Waals surface area (Å²) in [4.78, 5) is 0. The van der Waals surface area contributed by atoms with Crippen LogP contribution in [0, 0.1) is 10.8 Å². The lowest BCUT2D eigenvalue weighted by molar-refractivity contribution is 0.0319. The summed E-state index contributed by atoms with van der Waals surface area (Å²) >= 11 is 6.05. The van der Waals surface area contributed by atoms with Gasteiger partial charge in [0.1, 0.15) is 5.56 Å². The Morgan fingerprint density at radius 1 is 1.00 bits per heavy atom. The van der Waals surface area contributed by atoms with Crippen molar-refractivity contribution in [3.05, 3.63) is 0 Å². The fourth-order valence-electron chi connectivity index (χ4n) is 0.881. The van der Waals surface area contributed by atoms with Gasteiger partial charge in [-0.05, 0) is 17.3 Å². The van der Waals surface area contributed by atoms with Crippen molar-refractivity contribution in [2.45, 2.75) is 53.5 Å². The molecular formula is C11H23ClO. The minimum Gasteiger partial charge on any atom is -0.362 e. The average molecular weight is 207 g/mol. The van der Waals surface area contributed by atoms with E-state index < -0.39 is 0 Å². The maximum absolute atomic E-state index is 6.05. The van der Waals surface area contributed by atoms with E-state index >= 15 is 0 Å². The van der Waals surface area contributed by atoms with E-state index in [1.165, 1.54) is 0 Å². The first kappa shape index (κ1) is 13.2. The molecule has 0 amide bonds. The van der Waals surface area contributed by atoms with Gasteiger partial charge in [0.05, 0.1) is 6.61 Å². The molecule has 0 saturated carbocycles. The molecule has 0 aliphatic carbocycles. The summed E-state index contributed by atoms with van der Waals surface area (Å²) in [7, 11) is 0. The lowest BCUT2D eigenvalue weighted by atomic mass is 9.92. The van der Waals surface area contributed by atoms with Gasteiger partial charge < -0.3 is 4.74 Å². The zero-order valence-electron chi connectivity index (χ0n) is 9.78. The van der Waals surface area contributed by atoms with Gasteiger partial charge in [-0.2, -0.15) is 0 Å². The van der Waals surface area contributed by atoms with Crippen molar-refractivity contribution in [1.29, 1.82) is 0 Å². The van der Waals surface area contributed by atoms with Crippen LogP contribution in [-0.2, 0) is 4.74 Å². The molecule has 0 N–H and O–H groups in total. The van der Waals surface area contributed by atoms with Crippen molar-refractivity contribution in [3.8, 4) is 0 Å². The molecule has 0 aromatic heterocycles. The van der Waals surface area contributed by atoms with Gasteiger partial charge in [-0.25, -0.2) is 0 Å². The van der Waals surface area contributed by atoms with Gasteiger partial charge in [0.2, 0.25) is 0 Å². The predicted molar refractivity (Wildman–Crippen MR) is 59.1 cm³/mol. The van der Waals surface area contributed by atoms with E-state index in [-0.39, 0.29) is 16.4 Å². The number of alkyl halides is 1. The minimum atomic E-state index is -0.153. The highest BCUT2D eigenvalue weighted by atomic mass is 35.5. The van der Waals surface area contributed by atoms with E-state index in [0.29, 0.717) is 0 Å². The van der Waals surface area contributed by atoms with E-state index in [4.69, 9.17) is 16.3 Å². The molecule has 1 nitrogen and oxygen atoms in total. The van der Waals surface area contributed by atoms with Crippen molar-refractivity contribution in [1.82, 2.24) is 0 Å². The number of hydrogen-bond donors (Lipinski definition) is 0. The third-order valence-corrected chi connectivity index (χ3v) is 1.75. The molecule has 0 fully saturated rings. The van der Waals surface area contributed by atoms with Crippen LogP contribution in [-0.4, -0.2) is 12.2 Å². The van der Waals surface area contributed by atoms with Gasteiger partial charge in [-0.15, -0.1) is 0 Å². The lowest BCUT2D eigenvalue weighted by Gasteiger charge is -2.25. The van der Waals surface area contributed by atoms with E-state index in [1.807, 2.05) is 0 Å². The molecule has 0 rings (SSSR count). The van der Waals surface area contributed by atoms with Crippen LogP contribution in [0.1, 0.15) is 48.0 Å². The highest BCUT2D eigenvalue weighted by Gasteiger charge is 2.19. The smallest absolute Gasteiger partial charge is 0.131 e. The molecule has 0 aliphatic rings. The normalized spacial score (nSPS) is 15.9. The van der Waals surface area contributed by atoms with Gasteiger partial charge in [0, 0.05) is 0 Å². The average Bonchev–Trinajstić information content (AvgIpc) is 1.78. The molecule has 0 radical (unpaired) electrons. The molecule has 0 aromatic carbocycles. The minimum absolute atomic E-state index is 0.153. The SMILES string of the molecule is CC(C)(C)COC(Cl)CC(C)(C)C. The van der Waals surface area contributed by atoms with Crippen molar-refractivity contribution in [2.75, 3.05) is 6.61 Å². The van der Waals surface area contributed by atoms with Crippen LogP contribution in [0.4, 0.5) is 0 Å². The van der Waals surface area contributed by atoms with Crippen LogP contribution in [0.5, 0.6) is 0 Å². The first-order valence-corrected chi connectivity index (χ1v) is 5.29. The van der Waals surface area contributed by atoms with Gasteiger partial charge in [0.25, 0.3) is 0 Å². The maximum atomic E-state index is 6.05. The standard InChI is InChI=1S/C11H23ClO/c1-10(2,3)7-9(12)13-8-11(4,5)6/h9H,7-8H2,1-6H3. The van der Waals surface area contributed by atoms with Gasteiger partial charge >= 0.3 is 0 Å². The molecule has 13 heavy (non-hydrogen) atoms. The van der Waals surface area contributed by atoms with Crippen LogP contribution in [0.3, 0.4) is 0 Å². The second kappa shape index (κ2) is 4.65. The summed E-state index contributed by atoms with van der Waals surface area (Å²) in [6.07, 6.45) is 0.893. The third kappa shape index (κ3) is 10.2. The summed E-state index contributed by atoms with van der Waals surface area (Å²) in [6.45, 7) is 13.7. The van der Waals surface area contributed by atoms with Gasteiger partial charge in [-0.3, -0.25) is 0 Å². The topological polar surface area (TPSA) is 9.23 Å². The Bertz CT molecular complexity index is 141. The van der Waals surface area contributed by atoms with Crippen LogP contribution in [0.25, 0.3) is 0 Å². The Balaban J connectivity index is 3.70. The fourth-order valence-corrected chi connectivity index (χ4v) is 1.41. The van der Waals surface area contributed by atoms with Crippen molar-refractivity contribution in [3.63, 3.8) is 0 Å². The van der Waals surface area contributed by atoms with Gasteiger partial charge in [0.15, 0.2) is 0 Å². The molecule has 0 aliphatic heterocycles. The van der Waals surface area contributed by atoms with Crippen LogP contribution in [0.2, 0.25) is 0 Å². The second-order valence-corrected chi connectivity index (χ2v) is 6.53. The second-order valence-electron chi connectivity index (χ2n) is 6.05. The van der Waals surface area contributed by atoms with Crippen LogP contribution >= 0.6 is 11.6 Å². The molecule has 0 saturated heterocycles. The van der Waals surface area contributed by atoms with Crippen LogP contribution < -0.4 is 0 Å². The van der Waals surface area contributed by atoms with E-state index in [1.54, 1.807) is 0 Å². The number of hydrogen-bond acceptors (Lipinski definition) is 1. The molecule has 80 valence electrons. The van der Waals surface area contributed by atoms with E-state index in [2.05, 4.69) is 41.5 Å². The Morgan fingerprint density at radius 3 is 1.77 bits per heavy atom. The molecule has 0 spiro atoms. The zero-order chi connectivity index (χ0) is 10.7. The fraction of sp³-hybridized carbons (Fsp3) is 1.00. The summed E-state index contributed by atoms with van der Waals surface area (Å²) in [5.41, 5.74) is 0.286. The number of halogens is 1. The molecule has 0 bridgehead atoms. The Labute approximate surface area is 87.8 Å². The Morgan fingerprint density at radius 2 is 1.46 bits per heavy atom. The largest absolute Gasteiger partial charge is 0.362 e. The lowest BCUT2D eigenvalue weighted by Crippen LogP contribution is -2.22. The maximum Gasteiger partial charge on any atom is 0.131 e. The summed E-state index contributed by atoms with van der Waals surface area (Å²) in [5.74, 6) is 0.